The molecule has 3 aromatic rings. The van der Waals surface area contributed by atoms with E-state index in [0.29, 0.717) is 0 Å². The van der Waals surface area contributed by atoms with E-state index in [1.54, 1.807) is 10.4 Å². The molecule has 0 saturated carbocycles. The molecule has 0 unspecified atom stereocenters. The van der Waals surface area contributed by atoms with Gasteiger partial charge in [0.25, 0.3) is 0 Å². The predicted octanol–water partition coefficient (Wildman–Crippen LogP) is 5.14. The Hall–Kier alpha value is -0.906. The fourth-order valence-electron chi connectivity index (χ4n) is 3.00. The average Bonchev–Trinajstić information content (AvgIpc) is 2.74. The second kappa shape index (κ2) is 4.80. The maximum Gasteiger partial charge on any atom is 0.0794 e. The van der Waals surface area contributed by atoms with E-state index in [1.165, 1.54) is 20.2 Å². The fraction of sp³-hybridized carbons (Fsp3) is 0.333. The van der Waals surface area contributed by atoms with Gasteiger partial charge in [-0.15, -0.1) is 11.3 Å². The van der Waals surface area contributed by atoms with Gasteiger partial charge in [0.15, 0.2) is 0 Å². The summed E-state index contributed by atoms with van der Waals surface area (Å²) in [4.78, 5) is 0. The van der Waals surface area contributed by atoms with Crippen LogP contribution in [0.1, 0.15) is 0 Å². The largest absolute Gasteiger partial charge is 0.135 e. The summed E-state index contributed by atoms with van der Waals surface area (Å²) in [7, 11) is -2.60. The minimum absolute atomic E-state index is 1.30. The van der Waals surface area contributed by atoms with Gasteiger partial charge in [0.1, 0.15) is 0 Å². The SMILES string of the molecule is C[Si](C)(C)c1cccc2c1sc1c([Si](C)(C)C)cccc12. The zero-order valence-corrected chi connectivity index (χ0v) is 16.7. The van der Waals surface area contributed by atoms with Crippen molar-refractivity contribution in [2.24, 2.45) is 0 Å². The highest BCUT2D eigenvalue weighted by Crippen LogP contribution is 2.33. The van der Waals surface area contributed by atoms with Crippen LogP contribution in [0.4, 0.5) is 0 Å². The van der Waals surface area contributed by atoms with Crippen LogP contribution in [0.2, 0.25) is 39.3 Å². The molecule has 0 amide bonds. The molecular formula is C18H24SSi2. The van der Waals surface area contributed by atoms with Crippen molar-refractivity contribution in [3.8, 4) is 0 Å². The van der Waals surface area contributed by atoms with Crippen LogP contribution in [0, 0.1) is 0 Å². The highest BCUT2D eigenvalue weighted by molar-refractivity contribution is 7.29. The Balaban J connectivity index is 2.46. The molecule has 0 aliphatic rings. The Morgan fingerprint density at radius 3 is 1.33 bits per heavy atom. The Morgan fingerprint density at radius 2 is 1.00 bits per heavy atom. The molecule has 0 aliphatic carbocycles. The zero-order valence-electron chi connectivity index (χ0n) is 13.9. The molecule has 0 saturated heterocycles. The minimum Gasteiger partial charge on any atom is -0.135 e. The first-order valence-corrected chi connectivity index (χ1v) is 15.5. The average molecular weight is 329 g/mol. The summed E-state index contributed by atoms with van der Waals surface area (Å²) in [6.07, 6.45) is 0. The molecule has 0 nitrogen and oxygen atoms in total. The summed E-state index contributed by atoms with van der Waals surface area (Å²) in [5.41, 5.74) is 0. The van der Waals surface area contributed by atoms with Gasteiger partial charge in [-0.05, 0) is 10.4 Å². The molecule has 1 heterocycles. The maximum atomic E-state index is 2.45. The van der Waals surface area contributed by atoms with Crippen molar-refractivity contribution in [3.05, 3.63) is 36.4 Å². The van der Waals surface area contributed by atoms with Crippen molar-refractivity contribution < 1.29 is 0 Å². The standard InChI is InChI=1S/C18H24SSi2/c1-20(2,3)15-11-7-9-13-14-10-8-12-16(21(4,5)6)18(14)19-17(13)15/h7-12H,1-6H3. The molecule has 0 spiro atoms. The predicted molar refractivity (Wildman–Crippen MR) is 105 cm³/mol. The lowest BCUT2D eigenvalue weighted by molar-refractivity contribution is 1.74. The van der Waals surface area contributed by atoms with Gasteiger partial charge in [0.05, 0.1) is 16.1 Å². The van der Waals surface area contributed by atoms with Crippen LogP contribution in [-0.2, 0) is 0 Å². The number of hydrogen-bond donors (Lipinski definition) is 0. The van der Waals surface area contributed by atoms with Crippen LogP contribution in [0.15, 0.2) is 36.4 Å². The van der Waals surface area contributed by atoms with Crippen LogP contribution in [0.3, 0.4) is 0 Å². The van der Waals surface area contributed by atoms with Gasteiger partial charge in [0, 0.05) is 20.2 Å². The summed E-state index contributed by atoms with van der Waals surface area (Å²) in [5, 5.41) is 6.16. The summed E-state index contributed by atoms with van der Waals surface area (Å²) >= 11 is 2.04. The van der Waals surface area contributed by atoms with Crippen molar-refractivity contribution in [3.63, 3.8) is 0 Å². The van der Waals surface area contributed by atoms with E-state index in [-0.39, 0.29) is 0 Å². The molecule has 0 atom stereocenters. The number of rotatable bonds is 2. The fourth-order valence-corrected chi connectivity index (χ4v) is 9.10. The highest BCUT2D eigenvalue weighted by atomic mass is 32.1. The van der Waals surface area contributed by atoms with E-state index in [4.69, 9.17) is 0 Å². The lowest BCUT2D eigenvalue weighted by Gasteiger charge is -2.17. The second-order valence-electron chi connectivity index (χ2n) is 7.97. The van der Waals surface area contributed by atoms with E-state index in [1.807, 2.05) is 11.3 Å². The van der Waals surface area contributed by atoms with Crippen LogP contribution < -0.4 is 10.4 Å². The highest BCUT2D eigenvalue weighted by Gasteiger charge is 2.24. The van der Waals surface area contributed by atoms with Crippen LogP contribution in [0.5, 0.6) is 0 Å². The molecule has 0 fully saturated rings. The zero-order chi connectivity index (χ0) is 15.4. The molecule has 1 aromatic heterocycles. The van der Waals surface area contributed by atoms with Gasteiger partial charge >= 0.3 is 0 Å². The number of thiophene rings is 1. The Kier molecular flexibility index (Phi) is 3.43. The first-order chi connectivity index (χ1) is 9.69. The summed E-state index contributed by atoms with van der Waals surface area (Å²) < 4.78 is 3.08. The second-order valence-corrected chi connectivity index (χ2v) is 19.1. The summed E-state index contributed by atoms with van der Waals surface area (Å²) in [6, 6.07) is 13.8. The normalized spacial score (nSPS) is 13.2. The maximum absolute atomic E-state index is 2.45. The lowest BCUT2D eigenvalue weighted by Crippen LogP contribution is -2.37. The molecular weight excluding hydrogens is 304 g/mol. The Labute approximate surface area is 133 Å². The third-order valence-corrected chi connectivity index (χ3v) is 9.86. The van der Waals surface area contributed by atoms with Crippen LogP contribution in [-0.4, -0.2) is 16.1 Å². The van der Waals surface area contributed by atoms with E-state index in [0.717, 1.165) is 0 Å². The molecule has 110 valence electrons. The van der Waals surface area contributed by atoms with Gasteiger partial charge in [-0.25, -0.2) is 0 Å². The number of benzene rings is 2. The molecule has 0 N–H and O–H groups in total. The van der Waals surface area contributed by atoms with E-state index in [2.05, 4.69) is 75.7 Å². The third-order valence-electron chi connectivity index (χ3n) is 4.14. The van der Waals surface area contributed by atoms with Crippen molar-refractivity contribution >= 4 is 58.0 Å². The van der Waals surface area contributed by atoms with Gasteiger partial charge < -0.3 is 0 Å². The molecule has 2 aromatic carbocycles. The lowest BCUT2D eigenvalue weighted by atomic mass is 10.1. The van der Waals surface area contributed by atoms with Crippen LogP contribution in [0.25, 0.3) is 20.2 Å². The monoisotopic (exact) mass is 328 g/mol. The minimum atomic E-state index is -1.30. The van der Waals surface area contributed by atoms with Crippen molar-refractivity contribution in [1.29, 1.82) is 0 Å². The molecule has 3 rings (SSSR count). The first-order valence-electron chi connectivity index (χ1n) is 7.65. The van der Waals surface area contributed by atoms with E-state index < -0.39 is 16.1 Å². The molecule has 0 bridgehead atoms. The smallest absolute Gasteiger partial charge is 0.0794 e. The van der Waals surface area contributed by atoms with Gasteiger partial charge in [0.2, 0.25) is 0 Å². The van der Waals surface area contributed by atoms with Crippen molar-refractivity contribution in [1.82, 2.24) is 0 Å². The van der Waals surface area contributed by atoms with Crippen LogP contribution >= 0.6 is 11.3 Å². The van der Waals surface area contributed by atoms with Crippen molar-refractivity contribution in [2.45, 2.75) is 39.3 Å². The third kappa shape index (κ3) is 2.52. The van der Waals surface area contributed by atoms with Gasteiger partial charge in [-0.3, -0.25) is 0 Å². The summed E-state index contributed by atoms with van der Waals surface area (Å²) in [5.74, 6) is 0. The number of fused-ring (bicyclic) bond motifs is 3. The molecule has 0 aliphatic heterocycles. The summed E-state index contributed by atoms with van der Waals surface area (Å²) in [6.45, 7) is 14.7. The van der Waals surface area contributed by atoms with E-state index >= 15 is 0 Å². The van der Waals surface area contributed by atoms with Crippen molar-refractivity contribution in [2.75, 3.05) is 0 Å². The van der Waals surface area contributed by atoms with Gasteiger partial charge in [-0.2, -0.15) is 0 Å². The Morgan fingerprint density at radius 1 is 0.619 bits per heavy atom. The first kappa shape index (κ1) is 15.0. The number of hydrogen-bond acceptors (Lipinski definition) is 1. The quantitative estimate of drug-likeness (QED) is 0.571. The molecule has 3 heteroatoms. The molecule has 0 radical (unpaired) electrons. The molecule has 21 heavy (non-hydrogen) atoms. The van der Waals surface area contributed by atoms with Gasteiger partial charge in [-0.1, -0.05) is 75.7 Å². The topological polar surface area (TPSA) is 0 Å². The van der Waals surface area contributed by atoms with E-state index in [9.17, 15) is 0 Å². The Bertz CT molecular complexity index is 748.